The number of hydrogen-bond acceptors (Lipinski definition) is 7. The van der Waals surface area contributed by atoms with E-state index in [4.69, 9.17) is 9.47 Å². The van der Waals surface area contributed by atoms with E-state index in [-0.39, 0.29) is 24.0 Å². The highest BCUT2D eigenvalue weighted by atomic mass is 32.2. The van der Waals surface area contributed by atoms with E-state index in [0.717, 1.165) is 29.2 Å². The van der Waals surface area contributed by atoms with E-state index >= 15 is 0 Å². The van der Waals surface area contributed by atoms with Crippen LogP contribution in [0, 0.1) is 23.3 Å². The summed E-state index contributed by atoms with van der Waals surface area (Å²) in [5.74, 6) is -4.24. The van der Waals surface area contributed by atoms with Crippen molar-refractivity contribution in [1.29, 1.82) is 0 Å². The summed E-state index contributed by atoms with van der Waals surface area (Å²) in [6.07, 6.45) is -0.859. The minimum atomic E-state index is -4.93. The van der Waals surface area contributed by atoms with Gasteiger partial charge in [-0.2, -0.15) is 13.1 Å². The molecule has 0 saturated heterocycles. The Kier molecular flexibility index (Phi) is 13.4. The van der Waals surface area contributed by atoms with E-state index in [2.05, 4.69) is 10.0 Å². The number of carbonyl (C=O) groups excluding carboxylic acids is 3. The number of rotatable bonds is 15. The quantitative estimate of drug-likeness (QED) is 0.150. The first-order valence-corrected chi connectivity index (χ1v) is 17.4. The molecule has 0 fully saturated rings. The fourth-order valence-electron chi connectivity index (χ4n) is 5.33. The van der Waals surface area contributed by atoms with Crippen molar-refractivity contribution in [2.24, 2.45) is 0 Å². The van der Waals surface area contributed by atoms with Gasteiger partial charge >= 0.3 is 16.2 Å². The number of nitrogens with zero attached hydrogens (tertiary/aromatic N) is 2. The summed E-state index contributed by atoms with van der Waals surface area (Å²) in [6.45, 7) is 0. The normalized spacial score (nSPS) is 12.3. The number of anilines is 2. The lowest BCUT2D eigenvalue weighted by molar-refractivity contribution is -0.120. The Labute approximate surface area is 303 Å². The van der Waals surface area contributed by atoms with Crippen molar-refractivity contribution in [2.75, 3.05) is 38.1 Å². The molecule has 0 aliphatic heterocycles. The Morgan fingerprint density at radius 2 is 1.08 bits per heavy atom. The summed E-state index contributed by atoms with van der Waals surface area (Å²) in [7, 11) is 0.724. The van der Waals surface area contributed by atoms with Crippen LogP contribution in [0.5, 0.6) is 11.5 Å². The van der Waals surface area contributed by atoms with E-state index in [1.807, 2.05) is 0 Å². The number of likely N-dealkylation sites (N-methyl/N-ethyl adjacent to an activating group) is 2. The molecule has 53 heavy (non-hydrogen) atoms. The van der Waals surface area contributed by atoms with Crippen LogP contribution in [0.25, 0.3) is 0 Å². The van der Waals surface area contributed by atoms with Crippen LogP contribution >= 0.6 is 0 Å². The van der Waals surface area contributed by atoms with Crippen molar-refractivity contribution < 1.29 is 49.8 Å². The fraction of sp³-hybridized carbons (Fsp3) is 0.250. The number of amides is 4. The minimum absolute atomic E-state index is 0.0721. The second-order valence-corrected chi connectivity index (χ2v) is 13.2. The number of nitrogens with one attached hydrogen (secondary N) is 3. The molecule has 4 amide bonds. The molecule has 0 spiro atoms. The number of ether oxygens (including phenoxy) is 2. The van der Waals surface area contributed by atoms with Gasteiger partial charge in [0, 0.05) is 37.6 Å². The van der Waals surface area contributed by atoms with Gasteiger partial charge in [0.2, 0.25) is 11.8 Å². The molecule has 0 aromatic heterocycles. The Balaban J connectivity index is 1.56. The van der Waals surface area contributed by atoms with Crippen molar-refractivity contribution >= 4 is 39.4 Å². The molecule has 0 aliphatic carbocycles. The van der Waals surface area contributed by atoms with Gasteiger partial charge in [-0.25, -0.2) is 27.1 Å². The molecule has 4 aromatic rings. The smallest absolute Gasteiger partial charge is 0.330 e. The molecule has 0 aliphatic rings. The maximum Gasteiger partial charge on any atom is 0.330 e. The fourth-order valence-corrected chi connectivity index (χ4v) is 6.25. The lowest BCUT2D eigenvalue weighted by Gasteiger charge is -2.26. The number of hydrogen-bond donors (Lipinski definition) is 3. The lowest BCUT2D eigenvalue weighted by atomic mass is 10.0. The van der Waals surface area contributed by atoms with Crippen LogP contribution in [0.2, 0.25) is 0 Å². The minimum Gasteiger partial charge on any atom is -0.497 e. The molecule has 282 valence electrons. The number of methoxy groups -OCH3 is 2. The molecule has 0 heterocycles. The lowest BCUT2D eigenvalue weighted by Crippen LogP contribution is -2.56. The van der Waals surface area contributed by atoms with Gasteiger partial charge in [0.05, 0.1) is 14.2 Å². The first-order chi connectivity index (χ1) is 25.1. The van der Waals surface area contributed by atoms with Gasteiger partial charge in [0.15, 0.2) is 0 Å². The average Bonchev–Trinajstić information content (AvgIpc) is 3.10. The van der Waals surface area contributed by atoms with Gasteiger partial charge in [0.25, 0.3) is 0 Å². The molecule has 17 heteroatoms. The summed E-state index contributed by atoms with van der Waals surface area (Å²) < 4.78 is 96.6. The monoisotopic (exact) mass is 759 g/mol. The van der Waals surface area contributed by atoms with Crippen LogP contribution in [0.1, 0.15) is 17.5 Å². The molecule has 0 unspecified atom stereocenters. The van der Waals surface area contributed by atoms with E-state index in [9.17, 15) is 40.4 Å². The van der Waals surface area contributed by atoms with Gasteiger partial charge in [-0.1, -0.05) is 0 Å². The van der Waals surface area contributed by atoms with Crippen LogP contribution in [0.15, 0.2) is 84.9 Å². The van der Waals surface area contributed by atoms with Gasteiger partial charge in [0.1, 0.15) is 46.9 Å². The predicted molar refractivity (Wildman–Crippen MR) is 189 cm³/mol. The summed E-state index contributed by atoms with van der Waals surface area (Å²) in [5.41, 5.74) is 0.791. The molecule has 0 saturated carbocycles. The van der Waals surface area contributed by atoms with Gasteiger partial charge in [-0.05, 0) is 103 Å². The molecule has 12 nitrogen and oxygen atoms in total. The van der Waals surface area contributed by atoms with Gasteiger partial charge < -0.3 is 24.6 Å². The number of halogens is 4. The molecule has 0 bridgehead atoms. The summed E-state index contributed by atoms with van der Waals surface area (Å²) in [5, 5.41) is 2.29. The Morgan fingerprint density at radius 3 is 1.51 bits per heavy atom. The summed E-state index contributed by atoms with van der Waals surface area (Å²) >= 11 is 0. The molecule has 2 atom stereocenters. The summed E-state index contributed by atoms with van der Waals surface area (Å²) in [4.78, 5) is 42.8. The van der Waals surface area contributed by atoms with E-state index in [0.29, 0.717) is 35.0 Å². The van der Waals surface area contributed by atoms with Crippen molar-refractivity contribution in [1.82, 2.24) is 14.8 Å². The number of carbonyl (C=O) groups is 3. The van der Waals surface area contributed by atoms with E-state index in [1.54, 1.807) is 41.1 Å². The highest BCUT2D eigenvalue weighted by Crippen LogP contribution is 2.22. The van der Waals surface area contributed by atoms with Gasteiger partial charge in [-0.3, -0.25) is 9.59 Å². The Morgan fingerprint density at radius 1 is 0.660 bits per heavy atom. The van der Waals surface area contributed by atoms with Crippen molar-refractivity contribution in [2.45, 2.75) is 31.3 Å². The average molecular weight is 760 g/mol. The second kappa shape index (κ2) is 17.7. The maximum absolute atomic E-state index is 14.1. The largest absolute Gasteiger partial charge is 0.497 e. The molecule has 4 aromatic carbocycles. The van der Waals surface area contributed by atoms with Crippen LogP contribution in [-0.4, -0.2) is 66.7 Å². The zero-order chi connectivity index (χ0) is 38.9. The second-order valence-electron chi connectivity index (χ2n) is 11.8. The third kappa shape index (κ3) is 11.4. The van der Waals surface area contributed by atoms with Crippen LogP contribution < -0.4 is 34.0 Å². The third-order valence-electron chi connectivity index (χ3n) is 8.01. The zero-order valence-corrected chi connectivity index (χ0v) is 29.8. The highest BCUT2D eigenvalue weighted by Gasteiger charge is 2.31. The topological polar surface area (TPSA) is 146 Å². The molecule has 4 rings (SSSR count). The first-order valence-electron chi connectivity index (χ1n) is 15.9. The number of aryl methyl sites for hydroxylation is 1. The van der Waals surface area contributed by atoms with Crippen molar-refractivity contribution in [3.05, 3.63) is 119 Å². The zero-order valence-electron chi connectivity index (χ0n) is 29.0. The Hall–Kier alpha value is -5.68. The molecule has 3 N–H and O–H groups in total. The van der Waals surface area contributed by atoms with Gasteiger partial charge in [-0.15, -0.1) is 0 Å². The van der Waals surface area contributed by atoms with Crippen molar-refractivity contribution in [3.63, 3.8) is 0 Å². The van der Waals surface area contributed by atoms with Crippen LogP contribution in [0.3, 0.4) is 0 Å². The van der Waals surface area contributed by atoms with Crippen LogP contribution in [-0.2, 0) is 32.6 Å². The molecule has 0 radical (unpaired) electrons. The van der Waals surface area contributed by atoms with E-state index in [1.165, 1.54) is 45.3 Å². The summed E-state index contributed by atoms with van der Waals surface area (Å²) in [6, 6.07) is 13.2. The molecular weight excluding hydrogens is 722 g/mol. The number of benzene rings is 4. The van der Waals surface area contributed by atoms with Crippen molar-refractivity contribution in [3.8, 4) is 11.5 Å². The first kappa shape index (κ1) is 40.1. The van der Waals surface area contributed by atoms with E-state index < -0.39 is 69.8 Å². The number of urea groups is 1. The maximum atomic E-state index is 14.1. The molecular formula is C36H37F4N5O7S. The Bertz CT molecular complexity index is 2000. The van der Waals surface area contributed by atoms with Crippen LogP contribution in [0.4, 0.5) is 33.7 Å². The third-order valence-corrected chi connectivity index (χ3v) is 9.06. The SMILES string of the molecule is COc1ccc(N(C)C(=O)[C@H](CCc2cc(F)cc(F)c2)NC(=O)NS(=O)(=O)N[C@@H](Cc2cc(F)cc(F)c2)C(=O)N(C)c2ccc(OC)cc2)cc1. The predicted octanol–water partition coefficient (Wildman–Crippen LogP) is 4.63. The standard InChI is InChI=1S/C36H37F4N5O7S/c1-44(28-6-10-30(51-3)11-7-28)34(46)32(14-5-22-15-24(37)20-25(38)16-22)41-36(48)43-53(49,50)42-33(19-23-17-26(39)21-27(40)18-23)35(47)45(2)29-8-12-31(52-4)13-9-29/h6-13,15-18,20-21,32-33,42H,5,14,19H2,1-4H3,(H2,41,43,48)/t32-,33-/m0/s1. The highest BCUT2D eigenvalue weighted by molar-refractivity contribution is 7.88.